The van der Waals surface area contributed by atoms with E-state index < -0.39 is 10.8 Å². The summed E-state index contributed by atoms with van der Waals surface area (Å²) in [4.78, 5) is 1.29. The maximum atomic E-state index is 12.6. The number of aromatic amines is 1. The third kappa shape index (κ3) is 1.64. The van der Waals surface area contributed by atoms with Crippen LogP contribution in [0, 0.1) is 0 Å². The van der Waals surface area contributed by atoms with Crippen molar-refractivity contribution in [2.75, 3.05) is 0 Å². The predicted octanol–water partition coefficient (Wildman–Crippen LogP) is 2.14. The van der Waals surface area contributed by atoms with E-state index >= 15 is 0 Å². The fourth-order valence-corrected chi connectivity index (χ4v) is 3.34. The van der Waals surface area contributed by atoms with Crippen LogP contribution in [0.2, 0.25) is 0 Å². The van der Waals surface area contributed by atoms with Gasteiger partial charge < -0.3 is 4.74 Å². The number of H-pyrrole nitrogens is 1. The van der Waals surface area contributed by atoms with Crippen LogP contribution < -0.4 is 4.74 Å². The van der Waals surface area contributed by atoms with Gasteiger partial charge in [-0.05, 0) is 35.5 Å². The van der Waals surface area contributed by atoms with Gasteiger partial charge in [0.25, 0.3) is 0 Å². The predicted molar refractivity (Wildman–Crippen MR) is 70.8 cm³/mol. The number of para-hydroxylation sites is 1. The Balaban J connectivity index is 1.86. The minimum absolute atomic E-state index is 0.462. The number of tetrazole rings is 1. The lowest BCUT2D eigenvalue weighted by Crippen LogP contribution is -2.05. The molecule has 1 atom stereocenters. The van der Waals surface area contributed by atoms with Gasteiger partial charge in [0.1, 0.15) is 11.5 Å². The maximum Gasteiger partial charge on any atom is 0.204 e. The van der Waals surface area contributed by atoms with E-state index in [1.807, 2.05) is 24.3 Å². The van der Waals surface area contributed by atoms with Gasteiger partial charge in [-0.25, -0.2) is 4.21 Å². The molecule has 1 N–H and O–H groups in total. The summed E-state index contributed by atoms with van der Waals surface area (Å²) in [5.74, 6) is 1.68. The molecule has 1 aliphatic rings. The number of hydrogen-bond donors (Lipinski definition) is 1. The number of hydrogen-bond acceptors (Lipinski definition) is 5. The zero-order chi connectivity index (χ0) is 13.5. The van der Waals surface area contributed by atoms with Crippen molar-refractivity contribution < 1.29 is 8.95 Å². The summed E-state index contributed by atoms with van der Waals surface area (Å²) in [6, 6.07) is 12.7. The average Bonchev–Trinajstić information content (AvgIpc) is 3.02. The Bertz CT molecular complexity index is 817. The van der Waals surface area contributed by atoms with Crippen LogP contribution in [0.3, 0.4) is 0 Å². The monoisotopic (exact) mass is 284 g/mol. The lowest BCUT2D eigenvalue weighted by Gasteiger charge is -2.19. The summed E-state index contributed by atoms with van der Waals surface area (Å²) in [7, 11) is -1.27. The fourth-order valence-electron chi connectivity index (χ4n) is 2.09. The molecule has 0 radical (unpaired) electrons. The summed E-state index contributed by atoms with van der Waals surface area (Å²) in [5, 5.41) is 13.8. The van der Waals surface area contributed by atoms with Gasteiger partial charge in [-0.2, -0.15) is 5.21 Å². The van der Waals surface area contributed by atoms with Gasteiger partial charge in [0.05, 0.1) is 20.6 Å². The van der Waals surface area contributed by atoms with Crippen LogP contribution in [0.4, 0.5) is 0 Å². The van der Waals surface area contributed by atoms with Crippen molar-refractivity contribution in [1.82, 2.24) is 20.6 Å². The van der Waals surface area contributed by atoms with Gasteiger partial charge in [-0.1, -0.05) is 12.1 Å². The van der Waals surface area contributed by atoms with Crippen LogP contribution in [0.5, 0.6) is 11.5 Å². The van der Waals surface area contributed by atoms with Gasteiger partial charge in [0.2, 0.25) is 5.82 Å². The zero-order valence-corrected chi connectivity index (χ0v) is 10.9. The number of aromatic nitrogens is 4. The molecule has 2 aromatic carbocycles. The molecule has 20 heavy (non-hydrogen) atoms. The van der Waals surface area contributed by atoms with Gasteiger partial charge in [0, 0.05) is 5.56 Å². The van der Waals surface area contributed by atoms with Crippen LogP contribution >= 0.6 is 0 Å². The first-order valence-corrected chi connectivity index (χ1v) is 7.04. The highest BCUT2D eigenvalue weighted by molar-refractivity contribution is 7.85. The van der Waals surface area contributed by atoms with Gasteiger partial charge in [-0.15, -0.1) is 10.2 Å². The summed E-state index contributed by atoms with van der Waals surface area (Å²) in [5.41, 5.74) is 0.744. The average molecular weight is 284 g/mol. The SMILES string of the molecule is O=S1c2ccccc2Oc2ccc(-c3nn[nH]n3)cc21. The summed E-state index contributed by atoms with van der Waals surface area (Å²) < 4.78 is 18.4. The molecule has 0 saturated heterocycles. The minimum atomic E-state index is -1.27. The first-order valence-electron chi connectivity index (χ1n) is 5.89. The molecule has 1 aromatic heterocycles. The minimum Gasteiger partial charge on any atom is -0.455 e. The molecule has 0 spiro atoms. The number of ether oxygens (including phenoxy) is 1. The molecule has 1 unspecified atom stereocenters. The molecule has 1 aliphatic heterocycles. The lowest BCUT2D eigenvalue weighted by atomic mass is 10.2. The number of rotatable bonds is 1. The molecule has 0 bridgehead atoms. The van der Waals surface area contributed by atoms with E-state index in [9.17, 15) is 4.21 Å². The molecule has 4 rings (SSSR count). The Labute approximate surface area is 116 Å². The maximum absolute atomic E-state index is 12.6. The van der Waals surface area contributed by atoms with E-state index in [1.165, 1.54) is 0 Å². The van der Waals surface area contributed by atoms with Crippen molar-refractivity contribution in [2.24, 2.45) is 0 Å². The molecule has 3 aromatic rings. The molecule has 0 fully saturated rings. The highest BCUT2D eigenvalue weighted by atomic mass is 32.2. The second-order valence-electron chi connectivity index (χ2n) is 4.21. The number of nitrogens with one attached hydrogen (secondary N) is 1. The van der Waals surface area contributed by atoms with Crippen molar-refractivity contribution >= 4 is 10.8 Å². The molecule has 6 nitrogen and oxygen atoms in total. The molecule has 0 aliphatic carbocycles. The van der Waals surface area contributed by atoms with Crippen LogP contribution in [0.15, 0.2) is 52.3 Å². The summed E-state index contributed by atoms with van der Waals surface area (Å²) in [6.45, 7) is 0. The molecule has 0 amide bonds. The second kappa shape index (κ2) is 4.24. The van der Waals surface area contributed by atoms with E-state index in [2.05, 4.69) is 20.6 Å². The zero-order valence-electron chi connectivity index (χ0n) is 10.1. The third-order valence-corrected chi connectivity index (χ3v) is 4.47. The molecular weight excluding hydrogens is 276 g/mol. The van der Waals surface area contributed by atoms with Crippen LogP contribution in [0.25, 0.3) is 11.4 Å². The fraction of sp³-hybridized carbons (Fsp3) is 0. The summed E-state index contributed by atoms with van der Waals surface area (Å²) >= 11 is 0. The van der Waals surface area contributed by atoms with Gasteiger partial charge in [-0.3, -0.25) is 0 Å². The summed E-state index contributed by atoms with van der Waals surface area (Å²) in [6.07, 6.45) is 0. The molecule has 2 heterocycles. The van der Waals surface area contributed by atoms with Crippen LogP contribution in [-0.4, -0.2) is 24.8 Å². The van der Waals surface area contributed by atoms with E-state index in [0.29, 0.717) is 27.1 Å². The van der Waals surface area contributed by atoms with E-state index in [0.717, 1.165) is 5.56 Å². The van der Waals surface area contributed by atoms with E-state index in [4.69, 9.17) is 4.74 Å². The van der Waals surface area contributed by atoms with Crippen LogP contribution in [0.1, 0.15) is 0 Å². The van der Waals surface area contributed by atoms with Gasteiger partial charge >= 0.3 is 0 Å². The molecule has 7 heteroatoms. The van der Waals surface area contributed by atoms with Gasteiger partial charge in [0.15, 0.2) is 0 Å². The molecule has 98 valence electrons. The smallest absolute Gasteiger partial charge is 0.204 e. The number of fused-ring (bicyclic) bond motifs is 2. The Morgan fingerprint density at radius 2 is 1.90 bits per heavy atom. The third-order valence-electron chi connectivity index (χ3n) is 3.02. The second-order valence-corrected chi connectivity index (χ2v) is 5.63. The topological polar surface area (TPSA) is 80.8 Å². The van der Waals surface area contributed by atoms with E-state index in [-0.39, 0.29) is 0 Å². The molecular formula is C13H8N4O2S. The highest BCUT2D eigenvalue weighted by Gasteiger charge is 2.24. The number of nitrogens with zero attached hydrogens (tertiary/aromatic N) is 3. The Morgan fingerprint density at radius 3 is 2.75 bits per heavy atom. The highest BCUT2D eigenvalue weighted by Crippen LogP contribution is 2.41. The first kappa shape index (κ1) is 11.3. The standard InChI is InChI=1S/C13H8N4O2S/c18-20-11-4-2-1-3-9(11)19-10-6-5-8(7-12(10)20)13-14-16-17-15-13/h1-7H,(H,14,15,16,17). The Kier molecular flexibility index (Phi) is 2.40. The Hall–Kier alpha value is -2.54. The normalized spacial score (nSPS) is 16.1. The first-order chi connectivity index (χ1) is 9.83. The quantitative estimate of drug-likeness (QED) is 0.579. The van der Waals surface area contributed by atoms with Crippen molar-refractivity contribution in [3.63, 3.8) is 0 Å². The largest absolute Gasteiger partial charge is 0.455 e. The van der Waals surface area contributed by atoms with Crippen molar-refractivity contribution in [2.45, 2.75) is 9.79 Å². The van der Waals surface area contributed by atoms with Crippen molar-refractivity contribution in [3.8, 4) is 22.9 Å². The van der Waals surface area contributed by atoms with Crippen molar-refractivity contribution in [1.29, 1.82) is 0 Å². The van der Waals surface area contributed by atoms with Crippen LogP contribution in [-0.2, 0) is 10.8 Å². The lowest BCUT2D eigenvalue weighted by molar-refractivity contribution is 0.450. The Morgan fingerprint density at radius 1 is 1.05 bits per heavy atom. The van der Waals surface area contributed by atoms with Crippen molar-refractivity contribution in [3.05, 3.63) is 42.5 Å². The number of benzene rings is 2. The molecule has 0 saturated carbocycles. The van der Waals surface area contributed by atoms with E-state index in [1.54, 1.807) is 18.2 Å².